The van der Waals surface area contributed by atoms with E-state index in [1.165, 1.54) is 7.11 Å². The average Bonchev–Trinajstić information content (AvgIpc) is 2.40. The molecule has 5 nitrogen and oxygen atoms in total. The minimum Gasteiger partial charge on any atom is -0.494 e. The molecule has 5 heteroatoms. The first-order valence-corrected chi connectivity index (χ1v) is 6.39. The summed E-state index contributed by atoms with van der Waals surface area (Å²) in [7, 11) is 1.52. The molecule has 1 fully saturated rings. The Kier molecular flexibility index (Phi) is 3.95. The number of rotatable bonds is 2. The number of carbonyl (C=O) groups is 1. The van der Waals surface area contributed by atoms with E-state index in [4.69, 9.17) is 15.2 Å². The van der Waals surface area contributed by atoms with Gasteiger partial charge < -0.3 is 20.1 Å². The average molecular weight is 264 g/mol. The molecule has 0 bridgehead atoms. The summed E-state index contributed by atoms with van der Waals surface area (Å²) in [5, 5.41) is 0. The third-order valence-corrected chi connectivity index (χ3v) is 3.35. The van der Waals surface area contributed by atoms with Gasteiger partial charge in [-0.25, -0.2) is 0 Å². The van der Waals surface area contributed by atoms with E-state index >= 15 is 0 Å². The number of anilines is 1. The third-order valence-electron chi connectivity index (χ3n) is 3.35. The van der Waals surface area contributed by atoms with Gasteiger partial charge in [0.05, 0.1) is 37.1 Å². The number of amides is 1. The van der Waals surface area contributed by atoms with Crippen molar-refractivity contribution in [3.05, 3.63) is 23.8 Å². The number of nitrogen functional groups attached to an aromatic ring is 1. The molecule has 1 saturated heterocycles. The molecule has 2 rings (SSSR count). The molecule has 0 saturated carbocycles. The lowest BCUT2D eigenvalue weighted by Gasteiger charge is -2.37. The van der Waals surface area contributed by atoms with Gasteiger partial charge in [-0.05, 0) is 26.0 Å². The molecule has 1 heterocycles. The normalized spacial score (nSPS) is 23.2. The molecule has 0 aliphatic carbocycles. The van der Waals surface area contributed by atoms with Crippen molar-refractivity contribution in [1.29, 1.82) is 0 Å². The third kappa shape index (κ3) is 2.66. The molecule has 0 aromatic heterocycles. The monoisotopic (exact) mass is 264 g/mol. The molecule has 1 amide bonds. The summed E-state index contributed by atoms with van der Waals surface area (Å²) in [4.78, 5) is 14.4. The maximum Gasteiger partial charge on any atom is 0.258 e. The molecule has 2 atom stereocenters. The number of morpholine rings is 1. The second-order valence-corrected chi connectivity index (χ2v) is 4.88. The lowest BCUT2D eigenvalue weighted by molar-refractivity contribution is -0.0387. The highest BCUT2D eigenvalue weighted by Gasteiger charge is 2.30. The Morgan fingerprint density at radius 1 is 1.47 bits per heavy atom. The highest BCUT2D eigenvalue weighted by molar-refractivity contribution is 5.98. The lowest BCUT2D eigenvalue weighted by atomic mass is 10.1. The SMILES string of the molecule is COc1c(N)cccc1C(=O)N1CC(C)OCC1C. The van der Waals surface area contributed by atoms with Crippen molar-refractivity contribution in [3.63, 3.8) is 0 Å². The standard InChI is InChI=1S/C14H20N2O3/c1-9-8-19-10(2)7-16(9)14(17)11-5-4-6-12(15)13(11)18-3/h4-6,9-10H,7-8,15H2,1-3H3. The van der Waals surface area contributed by atoms with Crippen LogP contribution in [0.2, 0.25) is 0 Å². The van der Waals surface area contributed by atoms with E-state index in [-0.39, 0.29) is 18.1 Å². The molecule has 2 unspecified atom stereocenters. The van der Waals surface area contributed by atoms with Gasteiger partial charge in [0, 0.05) is 6.54 Å². The largest absolute Gasteiger partial charge is 0.494 e. The van der Waals surface area contributed by atoms with Crippen molar-refractivity contribution in [2.24, 2.45) is 0 Å². The fraction of sp³-hybridized carbons (Fsp3) is 0.500. The van der Waals surface area contributed by atoms with Crippen molar-refractivity contribution in [1.82, 2.24) is 4.90 Å². The number of benzene rings is 1. The molecular weight excluding hydrogens is 244 g/mol. The zero-order valence-electron chi connectivity index (χ0n) is 11.6. The summed E-state index contributed by atoms with van der Waals surface area (Å²) in [6.45, 7) is 5.07. The quantitative estimate of drug-likeness (QED) is 0.823. The summed E-state index contributed by atoms with van der Waals surface area (Å²) in [6, 6.07) is 5.28. The summed E-state index contributed by atoms with van der Waals surface area (Å²) in [5.41, 5.74) is 6.82. The molecular formula is C14H20N2O3. The van der Waals surface area contributed by atoms with Crippen molar-refractivity contribution < 1.29 is 14.3 Å². The smallest absolute Gasteiger partial charge is 0.258 e. The Morgan fingerprint density at radius 2 is 2.21 bits per heavy atom. The molecule has 2 N–H and O–H groups in total. The van der Waals surface area contributed by atoms with E-state index in [2.05, 4.69) is 0 Å². The number of hydrogen-bond donors (Lipinski definition) is 1. The number of hydrogen-bond acceptors (Lipinski definition) is 4. The Balaban J connectivity index is 2.31. The van der Waals surface area contributed by atoms with Crippen LogP contribution >= 0.6 is 0 Å². The van der Waals surface area contributed by atoms with Crippen LogP contribution < -0.4 is 10.5 Å². The van der Waals surface area contributed by atoms with Gasteiger partial charge in [0.15, 0.2) is 5.75 Å². The Morgan fingerprint density at radius 3 is 2.89 bits per heavy atom. The summed E-state index contributed by atoms with van der Waals surface area (Å²) in [5.74, 6) is 0.380. The van der Waals surface area contributed by atoms with Gasteiger partial charge in [-0.15, -0.1) is 0 Å². The van der Waals surface area contributed by atoms with Gasteiger partial charge in [-0.2, -0.15) is 0 Å². The zero-order chi connectivity index (χ0) is 14.0. The molecule has 1 aliphatic heterocycles. The van der Waals surface area contributed by atoms with Crippen molar-refractivity contribution in [2.45, 2.75) is 26.0 Å². The van der Waals surface area contributed by atoms with Crippen LogP contribution in [0.25, 0.3) is 0 Å². The highest BCUT2D eigenvalue weighted by Crippen LogP contribution is 2.28. The van der Waals surface area contributed by atoms with Crippen LogP contribution in [0.3, 0.4) is 0 Å². The number of nitrogens with two attached hydrogens (primary N) is 1. The van der Waals surface area contributed by atoms with E-state index in [0.717, 1.165) is 0 Å². The van der Waals surface area contributed by atoms with Crippen molar-refractivity contribution >= 4 is 11.6 Å². The Hall–Kier alpha value is -1.75. The van der Waals surface area contributed by atoms with Gasteiger partial charge in [-0.1, -0.05) is 6.07 Å². The number of para-hydroxylation sites is 1. The van der Waals surface area contributed by atoms with E-state index in [9.17, 15) is 4.79 Å². The van der Waals surface area contributed by atoms with Crippen LogP contribution in [0.5, 0.6) is 5.75 Å². The van der Waals surface area contributed by atoms with E-state index in [0.29, 0.717) is 30.2 Å². The van der Waals surface area contributed by atoms with Gasteiger partial charge in [-0.3, -0.25) is 4.79 Å². The fourth-order valence-electron chi connectivity index (χ4n) is 2.29. The molecule has 1 aliphatic rings. The summed E-state index contributed by atoms with van der Waals surface area (Å²) < 4.78 is 10.8. The maximum atomic E-state index is 12.6. The maximum absolute atomic E-state index is 12.6. The number of nitrogens with zero attached hydrogens (tertiary/aromatic N) is 1. The minimum absolute atomic E-state index is 0.0483. The molecule has 104 valence electrons. The van der Waals surface area contributed by atoms with Crippen LogP contribution in [0.15, 0.2) is 18.2 Å². The molecule has 0 radical (unpaired) electrons. The first-order valence-electron chi connectivity index (χ1n) is 6.39. The number of ether oxygens (including phenoxy) is 2. The number of carbonyl (C=O) groups excluding carboxylic acids is 1. The highest BCUT2D eigenvalue weighted by atomic mass is 16.5. The van der Waals surface area contributed by atoms with Crippen molar-refractivity contribution in [3.8, 4) is 5.75 Å². The lowest BCUT2D eigenvalue weighted by Crippen LogP contribution is -2.50. The molecule has 1 aromatic rings. The molecule has 19 heavy (non-hydrogen) atoms. The Bertz CT molecular complexity index is 476. The van der Waals surface area contributed by atoms with E-state index < -0.39 is 0 Å². The van der Waals surface area contributed by atoms with Gasteiger partial charge in [0.25, 0.3) is 5.91 Å². The van der Waals surface area contributed by atoms with Crippen molar-refractivity contribution in [2.75, 3.05) is 26.0 Å². The molecule has 0 spiro atoms. The van der Waals surface area contributed by atoms with Gasteiger partial charge in [0.1, 0.15) is 0 Å². The van der Waals surface area contributed by atoms with Crippen LogP contribution in [0, 0.1) is 0 Å². The predicted octanol–water partition coefficient (Wildman–Crippen LogP) is 1.53. The minimum atomic E-state index is -0.0631. The van der Waals surface area contributed by atoms with Crippen LogP contribution in [0.4, 0.5) is 5.69 Å². The van der Waals surface area contributed by atoms with E-state index in [1.807, 2.05) is 18.7 Å². The molecule has 1 aromatic carbocycles. The second-order valence-electron chi connectivity index (χ2n) is 4.88. The van der Waals surface area contributed by atoms with Gasteiger partial charge in [0.2, 0.25) is 0 Å². The second kappa shape index (κ2) is 5.48. The first-order chi connectivity index (χ1) is 9.04. The first kappa shape index (κ1) is 13.7. The topological polar surface area (TPSA) is 64.8 Å². The summed E-state index contributed by atoms with van der Waals surface area (Å²) >= 11 is 0. The fourth-order valence-corrected chi connectivity index (χ4v) is 2.29. The van der Waals surface area contributed by atoms with E-state index in [1.54, 1.807) is 18.2 Å². The van der Waals surface area contributed by atoms with Crippen LogP contribution in [-0.4, -0.2) is 43.2 Å². The van der Waals surface area contributed by atoms with Crippen LogP contribution in [0.1, 0.15) is 24.2 Å². The van der Waals surface area contributed by atoms with Crippen LogP contribution in [-0.2, 0) is 4.74 Å². The summed E-state index contributed by atoms with van der Waals surface area (Å²) in [6.07, 6.45) is 0.0483. The number of methoxy groups -OCH3 is 1. The predicted molar refractivity (Wildman–Crippen MR) is 73.3 cm³/mol. The zero-order valence-corrected chi connectivity index (χ0v) is 11.6. The van der Waals surface area contributed by atoms with Gasteiger partial charge >= 0.3 is 0 Å². The Labute approximate surface area is 113 Å².